The number of rotatable bonds is 6. The lowest BCUT2D eigenvalue weighted by atomic mass is 10.1. The Kier molecular flexibility index (Phi) is 5.35. The van der Waals surface area contributed by atoms with Crippen LogP contribution in [0.3, 0.4) is 0 Å². The maximum Gasteiger partial charge on any atom is 0.247 e. The quantitative estimate of drug-likeness (QED) is 0.656. The van der Waals surface area contributed by atoms with Crippen LogP contribution in [0.15, 0.2) is 33.6 Å². The first-order chi connectivity index (χ1) is 9.54. The molecule has 1 aromatic rings. The van der Waals surface area contributed by atoms with Crippen LogP contribution >= 0.6 is 31.9 Å². The van der Waals surface area contributed by atoms with Crippen LogP contribution in [0.25, 0.3) is 0 Å². The molecule has 2 rings (SSSR count). The largest absolute Gasteiger partial charge is 0.465 e. The molecule has 0 atom stereocenters. The minimum absolute atomic E-state index is 0.210. The minimum Gasteiger partial charge on any atom is -0.465 e. The van der Waals surface area contributed by atoms with E-state index in [2.05, 4.69) is 31.9 Å². The van der Waals surface area contributed by atoms with Crippen LogP contribution < -0.4 is 4.74 Å². The summed E-state index contributed by atoms with van der Waals surface area (Å²) in [6.45, 7) is 2.13. The van der Waals surface area contributed by atoms with E-state index in [1.54, 1.807) is 19.6 Å². The van der Waals surface area contributed by atoms with Gasteiger partial charge in [-0.15, -0.1) is 0 Å². The van der Waals surface area contributed by atoms with Crippen molar-refractivity contribution in [2.45, 2.75) is 25.6 Å². The zero-order valence-corrected chi connectivity index (χ0v) is 14.5. The second kappa shape index (κ2) is 6.83. The van der Waals surface area contributed by atoms with E-state index in [4.69, 9.17) is 18.9 Å². The Morgan fingerprint density at radius 2 is 1.75 bits per heavy atom. The van der Waals surface area contributed by atoms with Gasteiger partial charge in [0, 0.05) is 20.5 Å². The fourth-order valence-electron chi connectivity index (χ4n) is 1.87. The minimum atomic E-state index is -0.565. The van der Waals surface area contributed by atoms with Crippen molar-refractivity contribution in [3.63, 3.8) is 0 Å². The third-order valence-electron chi connectivity index (χ3n) is 2.94. The van der Waals surface area contributed by atoms with Crippen molar-refractivity contribution in [3.8, 4) is 5.75 Å². The van der Waals surface area contributed by atoms with Gasteiger partial charge < -0.3 is 18.9 Å². The maximum atomic E-state index is 5.49. The van der Waals surface area contributed by atoms with E-state index in [0.29, 0.717) is 0 Å². The third kappa shape index (κ3) is 3.90. The fraction of sp³-hybridized carbons (Fsp3) is 0.429. The van der Waals surface area contributed by atoms with Crippen molar-refractivity contribution in [1.82, 2.24) is 0 Å². The van der Waals surface area contributed by atoms with E-state index in [1.807, 2.05) is 19.1 Å². The molecule has 0 radical (unpaired) electrons. The van der Waals surface area contributed by atoms with Crippen molar-refractivity contribution in [3.05, 3.63) is 39.2 Å². The first-order valence-electron chi connectivity index (χ1n) is 6.14. The van der Waals surface area contributed by atoms with Crippen molar-refractivity contribution >= 4 is 31.9 Å². The molecule has 0 N–H and O–H groups in total. The molecule has 0 unspecified atom stereocenters. The molecule has 0 spiro atoms. The second-order valence-corrected chi connectivity index (χ2v) is 6.29. The molecule has 1 heterocycles. The van der Waals surface area contributed by atoms with Gasteiger partial charge in [0.2, 0.25) is 5.79 Å². The van der Waals surface area contributed by atoms with Gasteiger partial charge >= 0.3 is 0 Å². The van der Waals surface area contributed by atoms with E-state index >= 15 is 0 Å². The molecule has 1 aliphatic heterocycles. The zero-order chi connectivity index (χ0) is 14.6. The summed E-state index contributed by atoms with van der Waals surface area (Å²) in [5, 5.41) is 0. The van der Waals surface area contributed by atoms with E-state index < -0.39 is 5.79 Å². The van der Waals surface area contributed by atoms with Crippen molar-refractivity contribution < 1.29 is 18.9 Å². The third-order valence-corrected chi connectivity index (χ3v) is 4.12. The fourth-order valence-corrected chi connectivity index (χ4v) is 3.38. The van der Waals surface area contributed by atoms with Gasteiger partial charge in [0.15, 0.2) is 12.5 Å². The molecule has 0 aromatic heterocycles. The Morgan fingerprint density at radius 3 is 2.30 bits per heavy atom. The summed E-state index contributed by atoms with van der Waals surface area (Å²) >= 11 is 7.02. The van der Waals surface area contributed by atoms with Gasteiger partial charge in [-0.1, -0.05) is 0 Å². The highest BCUT2D eigenvalue weighted by atomic mass is 79.9. The van der Waals surface area contributed by atoms with E-state index in [-0.39, 0.29) is 6.79 Å². The predicted molar refractivity (Wildman–Crippen MR) is 82.4 cm³/mol. The number of halogens is 2. The number of hydrogen-bond acceptors (Lipinski definition) is 4. The summed E-state index contributed by atoms with van der Waals surface area (Å²) in [4.78, 5) is 0. The molecule has 1 aliphatic rings. The molecule has 6 heteroatoms. The highest BCUT2D eigenvalue weighted by Crippen LogP contribution is 2.36. The lowest BCUT2D eigenvalue weighted by molar-refractivity contribution is -0.130. The monoisotopic (exact) mass is 406 g/mol. The zero-order valence-electron chi connectivity index (χ0n) is 11.3. The van der Waals surface area contributed by atoms with Crippen LogP contribution in [-0.4, -0.2) is 19.7 Å². The number of aryl methyl sites for hydroxylation is 1. The lowest BCUT2D eigenvalue weighted by Gasteiger charge is -2.23. The maximum absolute atomic E-state index is 5.49. The molecule has 1 aromatic carbocycles. The van der Waals surface area contributed by atoms with Gasteiger partial charge in [-0.3, -0.25) is 0 Å². The Balaban J connectivity index is 2.02. The van der Waals surface area contributed by atoms with Crippen LogP contribution in [-0.2, 0) is 20.6 Å². The first kappa shape index (κ1) is 15.7. The Labute approximate surface area is 135 Å². The summed E-state index contributed by atoms with van der Waals surface area (Å²) in [6, 6.07) is 4.06. The molecule has 110 valence electrons. The normalized spacial score (nSPS) is 15.8. The summed E-state index contributed by atoms with van der Waals surface area (Å²) < 4.78 is 23.0. The van der Waals surface area contributed by atoms with Crippen molar-refractivity contribution in [2.24, 2.45) is 0 Å². The molecule has 0 amide bonds. The molecule has 0 fully saturated rings. The van der Waals surface area contributed by atoms with Crippen LogP contribution in [0.4, 0.5) is 0 Å². The summed E-state index contributed by atoms with van der Waals surface area (Å²) in [5.41, 5.74) is 1.16. The molecular formula is C14H16Br2O4. The van der Waals surface area contributed by atoms with Crippen molar-refractivity contribution in [1.29, 1.82) is 0 Å². The van der Waals surface area contributed by atoms with Gasteiger partial charge in [0.05, 0.1) is 8.95 Å². The van der Waals surface area contributed by atoms with E-state index in [1.165, 1.54) is 0 Å². The molecular weight excluding hydrogens is 392 g/mol. The number of methoxy groups -OCH3 is 1. The molecule has 4 nitrogen and oxygen atoms in total. The number of benzene rings is 1. The van der Waals surface area contributed by atoms with Gasteiger partial charge in [-0.25, -0.2) is 0 Å². The van der Waals surface area contributed by atoms with Gasteiger partial charge in [0.25, 0.3) is 0 Å². The molecule has 0 saturated heterocycles. The Bertz CT molecular complexity index is 471. The highest BCUT2D eigenvalue weighted by molar-refractivity contribution is 9.11. The average Bonchev–Trinajstić information content (AvgIpc) is 2.83. The van der Waals surface area contributed by atoms with Crippen LogP contribution in [0.5, 0.6) is 5.75 Å². The SMILES string of the molecule is COCOc1c(Br)cc(CCC2(C)OC=CO2)cc1Br. The lowest BCUT2D eigenvalue weighted by Crippen LogP contribution is -2.25. The number of hydrogen-bond donors (Lipinski definition) is 0. The first-order valence-corrected chi connectivity index (χ1v) is 7.73. The van der Waals surface area contributed by atoms with Crippen LogP contribution in [0.1, 0.15) is 18.9 Å². The summed E-state index contributed by atoms with van der Waals surface area (Å²) in [6.07, 6.45) is 4.75. The second-order valence-electron chi connectivity index (χ2n) is 4.58. The van der Waals surface area contributed by atoms with Gasteiger partial charge in [-0.2, -0.15) is 0 Å². The molecule has 0 saturated carbocycles. The molecule has 0 bridgehead atoms. The topological polar surface area (TPSA) is 36.9 Å². The molecule has 20 heavy (non-hydrogen) atoms. The van der Waals surface area contributed by atoms with Crippen LogP contribution in [0.2, 0.25) is 0 Å². The summed E-state index contributed by atoms with van der Waals surface area (Å²) in [5.74, 6) is 0.168. The van der Waals surface area contributed by atoms with Gasteiger partial charge in [-0.05, 0) is 56.0 Å². The highest BCUT2D eigenvalue weighted by Gasteiger charge is 2.28. The Morgan fingerprint density at radius 1 is 1.15 bits per heavy atom. The van der Waals surface area contributed by atoms with E-state index in [9.17, 15) is 0 Å². The van der Waals surface area contributed by atoms with Crippen LogP contribution in [0, 0.1) is 0 Å². The van der Waals surface area contributed by atoms with Crippen molar-refractivity contribution in [2.75, 3.05) is 13.9 Å². The number of ether oxygens (including phenoxy) is 4. The van der Waals surface area contributed by atoms with E-state index in [0.717, 1.165) is 33.1 Å². The van der Waals surface area contributed by atoms with Gasteiger partial charge in [0.1, 0.15) is 12.5 Å². The Hall–Kier alpha value is -0.720. The predicted octanol–water partition coefficient (Wildman–Crippen LogP) is 4.36. The average molecular weight is 408 g/mol. The standard InChI is InChI=1S/C14H16Br2O4/c1-14(19-5-6-20-14)4-3-10-7-11(15)13(12(16)8-10)18-9-17-2/h5-8H,3-4,9H2,1-2H3. The summed E-state index contributed by atoms with van der Waals surface area (Å²) in [7, 11) is 1.59. The molecule has 0 aliphatic carbocycles. The smallest absolute Gasteiger partial charge is 0.247 e.